The number of amides is 2. The maximum atomic E-state index is 12.7. The molecule has 3 rings (SSSR count). The van der Waals surface area contributed by atoms with Gasteiger partial charge in [0.25, 0.3) is 0 Å². The van der Waals surface area contributed by atoms with Crippen LogP contribution in [0.1, 0.15) is 32.1 Å². The van der Waals surface area contributed by atoms with Gasteiger partial charge in [-0.25, -0.2) is 0 Å². The summed E-state index contributed by atoms with van der Waals surface area (Å²) < 4.78 is 5.25. The zero-order valence-corrected chi connectivity index (χ0v) is 15.7. The van der Waals surface area contributed by atoms with E-state index in [4.69, 9.17) is 4.74 Å². The van der Waals surface area contributed by atoms with Crippen molar-refractivity contribution in [3.8, 4) is 0 Å². The summed E-state index contributed by atoms with van der Waals surface area (Å²) in [4.78, 5) is 31.5. The Hall–Kier alpha value is -1.18. The van der Waals surface area contributed by atoms with Crippen molar-refractivity contribution in [1.29, 1.82) is 0 Å². The Morgan fingerprint density at radius 2 is 2.04 bits per heavy atom. The summed E-state index contributed by atoms with van der Waals surface area (Å²) in [6.45, 7) is 3.05. The lowest BCUT2D eigenvalue weighted by atomic mass is 10.0. The fraction of sp³-hybridized carbons (Fsp3) is 0.889. The van der Waals surface area contributed by atoms with Gasteiger partial charge in [-0.15, -0.1) is 0 Å². The molecule has 142 valence electrons. The predicted molar refractivity (Wildman–Crippen MR) is 95.2 cm³/mol. The molecule has 3 aliphatic heterocycles. The van der Waals surface area contributed by atoms with Crippen molar-refractivity contribution < 1.29 is 14.3 Å². The van der Waals surface area contributed by atoms with E-state index in [0.29, 0.717) is 19.6 Å². The second-order valence-electron chi connectivity index (χ2n) is 7.72. The van der Waals surface area contributed by atoms with Crippen molar-refractivity contribution >= 4 is 11.8 Å². The summed E-state index contributed by atoms with van der Waals surface area (Å²) in [5.74, 6) is 0.356. The van der Waals surface area contributed by atoms with Gasteiger partial charge in [0, 0.05) is 45.2 Å². The topological polar surface area (TPSA) is 65.1 Å². The highest BCUT2D eigenvalue weighted by molar-refractivity contribution is 5.83. The third-order valence-corrected chi connectivity index (χ3v) is 6.24. The minimum Gasteiger partial charge on any atom is -0.383 e. The molecule has 7 nitrogen and oxygen atoms in total. The Kier molecular flexibility index (Phi) is 5.96. The summed E-state index contributed by atoms with van der Waals surface area (Å²) in [7, 11) is 5.82. The first kappa shape index (κ1) is 18.6. The molecule has 0 aromatic rings. The minimum atomic E-state index is -0.0598. The molecule has 0 aromatic heterocycles. The van der Waals surface area contributed by atoms with Gasteiger partial charge >= 0.3 is 0 Å². The van der Waals surface area contributed by atoms with Crippen LogP contribution in [0.25, 0.3) is 0 Å². The van der Waals surface area contributed by atoms with Gasteiger partial charge in [0.2, 0.25) is 11.8 Å². The summed E-state index contributed by atoms with van der Waals surface area (Å²) in [6, 6.07) is 0.644. The Labute approximate surface area is 150 Å². The normalized spacial score (nSPS) is 34.0. The first-order valence-electron chi connectivity index (χ1n) is 9.51. The number of carbonyl (C=O) groups is 2. The molecule has 4 atom stereocenters. The van der Waals surface area contributed by atoms with Crippen molar-refractivity contribution in [3.05, 3.63) is 0 Å². The second kappa shape index (κ2) is 8.01. The number of hydrogen-bond acceptors (Lipinski definition) is 5. The van der Waals surface area contributed by atoms with Crippen LogP contribution < -0.4 is 5.32 Å². The molecule has 0 unspecified atom stereocenters. The molecule has 0 aliphatic carbocycles. The smallest absolute Gasteiger partial charge is 0.239 e. The maximum absolute atomic E-state index is 12.7. The fourth-order valence-corrected chi connectivity index (χ4v) is 4.73. The molecule has 0 saturated carbocycles. The average molecular weight is 352 g/mol. The van der Waals surface area contributed by atoms with E-state index in [-0.39, 0.29) is 36.0 Å². The molecule has 3 heterocycles. The highest BCUT2D eigenvalue weighted by atomic mass is 16.5. The number of fused-ring (bicyclic) bond motifs is 1. The third-order valence-electron chi connectivity index (χ3n) is 6.24. The Morgan fingerprint density at radius 3 is 2.80 bits per heavy atom. The van der Waals surface area contributed by atoms with E-state index in [1.807, 2.05) is 11.9 Å². The van der Waals surface area contributed by atoms with Crippen molar-refractivity contribution in [1.82, 2.24) is 20.0 Å². The molecule has 7 heteroatoms. The molecule has 0 aromatic carbocycles. The van der Waals surface area contributed by atoms with Gasteiger partial charge in [0.15, 0.2) is 0 Å². The van der Waals surface area contributed by atoms with Gasteiger partial charge < -0.3 is 15.0 Å². The standard InChI is InChI=1S/C18H32N4O3/c1-20-10-8-15-17(20)18(24)19-11-13(21(15)2)6-7-16(23)22-9-4-5-14(22)12-25-3/h13-15,17H,4-12H2,1-3H3,(H,19,24)/t13-,14+,15+,17-/m0/s1. The number of methoxy groups -OCH3 is 1. The van der Waals surface area contributed by atoms with Crippen molar-refractivity contribution in [3.63, 3.8) is 0 Å². The quantitative estimate of drug-likeness (QED) is 0.749. The molecule has 0 spiro atoms. The molecular weight excluding hydrogens is 320 g/mol. The minimum absolute atomic E-state index is 0.0598. The van der Waals surface area contributed by atoms with E-state index < -0.39 is 0 Å². The number of likely N-dealkylation sites (tertiary alicyclic amines) is 2. The third kappa shape index (κ3) is 3.83. The first-order valence-corrected chi connectivity index (χ1v) is 9.51. The van der Waals surface area contributed by atoms with Gasteiger partial charge in [0.1, 0.15) is 6.04 Å². The molecule has 0 bridgehead atoms. The number of hydrogen-bond donors (Lipinski definition) is 1. The number of likely N-dealkylation sites (N-methyl/N-ethyl adjacent to an activating group) is 2. The largest absolute Gasteiger partial charge is 0.383 e. The van der Waals surface area contributed by atoms with Gasteiger partial charge in [-0.3, -0.25) is 19.4 Å². The van der Waals surface area contributed by atoms with E-state index in [2.05, 4.69) is 22.2 Å². The van der Waals surface area contributed by atoms with Crippen LogP contribution in [0.5, 0.6) is 0 Å². The lowest BCUT2D eigenvalue weighted by Crippen LogP contribution is -2.48. The van der Waals surface area contributed by atoms with E-state index in [0.717, 1.165) is 38.8 Å². The first-order chi connectivity index (χ1) is 12.0. The lowest BCUT2D eigenvalue weighted by Gasteiger charge is -2.33. The van der Waals surface area contributed by atoms with E-state index >= 15 is 0 Å². The Morgan fingerprint density at radius 1 is 1.24 bits per heavy atom. The number of ether oxygens (including phenoxy) is 1. The van der Waals surface area contributed by atoms with Gasteiger partial charge in [-0.1, -0.05) is 0 Å². The highest BCUT2D eigenvalue weighted by Crippen LogP contribution is 2.26. The van der Waals surface area contributed by atoms with Crippen LogP contribution in [0.3, 0.4) is 0 Å². The Bertz CT molecular complexity index is 501. The van der Waals surface area contributed by atoms with Crippen LogP contribution in [0.4, 0.5) is 0 Å². The monoisotopic (exact) mass is 352 g/mol. The molecule has 3 saturated heterocycles. The summed E-state index contributed by atoms with van der Waals surface area (Å²) in [5, 5.41) is 3.08. The highest BCUT2D eigenvalue weighted by Gasteiger charge is 2.43. The van der Waals surface area contributed by atoms with Crippen molar-refractivity contribution in [2.75, 3.05) is 47.4 Å². The average Bonchev–Trinajstić information content (AvgIpc) is 3.18. The number of carbonyl (C=O) groups excluding carboxylic acids is 2. The molecule has 25 heavy (non-hydrogen) atoms. The number of rotatable bonds is 5. The van der Waals surface area contributed by atoms with E-state index in [1.165, 1.54) is 0 Å². The molecule has 3 fully saturated rings. The predicted octanol–water partition coefficient (Wildman–Crippen LogP) is -0.0931. The number of nitrogens with one attached hydrogen (secondary N) is 1. The van der Waals surface area contributed by atoms with Gasteiger partial charge in [-0.2, -0.15) is 0 Å². The van der Waals surface area contributed by atoms with E-state index in [1.54, 1.807) is 7.11 Å². The van der Waals surface area contributed by atoms with E-state index in [9.17, 15) is 9.59 Å². The van der Waals surface area contributed by atoms with Crippen LogP contribution in [-0.4, -0.2) is 98.1 Å². The Balaban J connectivity index is 1.57. The van der Waals surface area contributed by atoms with Crippen LogP contribution in [-0.2, 0) is 14.3 Å². The summed E-state index contributed by atoms with van der Waals surface area (Å²) in [5.41, 5.74) is 0. The molecule has 1 N–H and O–H groups in total. The zero-order valence-electron chi connectivity index (χ0n) is 15.7. The molecule has 0 radical (unpaired) electrons. The van der Waals surface area contributed by atoms with Crippen LogP contribution in [0, 0.1) is 0 Å². The maximum Gasteiger partial charge on any atom is 0.239 e. The van der Waals surface area contributed by atoms with Gasteiger partial charge in [0.05, 0.1) is 12.6 Å². The fourth-order valence-electron chi connectivity index (χ4n) is 4.73. The lowest BCUT2D eigenvalue weighted by molar-refractivity contribution is -0.133. The van der Waals surface area contributed by atoms with Gasteiger partial charge in [-0.05, 0) is 39.8 Å². The van der Waals surface area contributed by atoms with Crippen LogP contribution in [0.15, 0.2) is 0 Å². The summed E-state index contributed by atoms with van der Waals surface area (Å²) in [6.07, 6.45) is 4.44. The second-order valence-corrected chi connectivity index (χ2v) is 7.72. The van der Waals surface area contributed by atoms with Crippen molar-refractivity contribution in [2.45, 2.75) is 56.3 Å². The number of nitrogens with zero attached hydrogens (tertiary/aromatic N) is 3. The summed E-state index contributed by atoms with van der Waals surface area (Å²) >= 11 is 0. The molecule has 2 amide bonds. The van der Waals surface area contributed by atoms with Crippen molar-refractivity contribution in [2.24, 2.45) is 0 Å². The van der Waals surface area contributed by atoms with Crippen LogP contribution >= 0.6 is 0 Å². The molecule has 3 aliphatic rings. The zero-order chi connectivity index (χ0) is 18.0. The SMILES string of the molecule is COC[C@H]1CCCN1C(=O)CC[C@H]1CNC(=O)[C@@H]2[C@@H](CCN2C)N1C. The molecular formula is C18H32N4O3. The van der Waals surface area contributed by atoms with Crippen LogP contribution in [0.2, 0.25) is 0 Å².